The van der Waals surface area contributed by atoms with E-state index >= 15 is 0 Å². The number of benzene rings is 5. The largest absolute Gasteiger partial charge is 0.421 e. The molecule has 25 nitrogen and oxygen atoms in total. The van der Waals surface area contributed by atoms with Crippen LogP contribution in [-0.2, 0) is 74.6 Å². The van der Waals surface area contributed by atoms with E-state index in [1.807, 2.05) is 41.3 Å². The van der Waals surface area contributed by atoms with Crippen molar-refractivity contribution in [2.24, 2.45) is 0 Å². The van der Waals surface area contributed by atoms with Crippen molar-refractivity contribution < 1.29 is 72.3 Å². The molecule has 0 aliphatic heterocycles. The number of carbonyl (C=O) groups is 5. The van der Waals surface area contributed by atoms with Crippen molar-refractivity contribution in [3.63, 3.8) is 0 Å². The molecule has 10 heterocycles. The summed E-state index contributed by atoms with van der Waals surface area (Å²) in [5, 5.41) is 37.9. The maximum atomic E-state index is 13.9. The van der Waals surface area contributed by atoms with Crippen LogP contribution in [0.25, 0.3) is 81.3 Å². The molecule has 622 valence electrons. The van der Waals surface area contributed by atoms with Crippen LogP contribution in [0.3, 0.4) is 0 Å². The molecule has 5 aromatic carbocycles. The molecule has 44 heteroatoms. The Morgan fingerprint density at radius 2 is 0.689 bits per heavy atom. The Hall–Kier alpha value is -12.1. The standard InChI is InChI=1S/2C16H10F4N4OS.C16H11F3N4OS.C15H11BrN4OS.C15H10Cl2N4OS/c1-7(25)22-15-23-11-4-8-6-21-24(13(8)14(11)26-15)12-5-9(17)2-3-10(12)16(18,19)20;1-7(25)22-15-23-10-5-8-6-21-24(13(8)14(10)26-15)11-4-2-3-9(17)12(11)16(18,19)20;1-8(24)21-15-22-11-6-9-7-20-23(13(9)14(11)25-15)12-5-3-2-4-10(12)16(17,18)19;1-8(21)18-15-19-11-6-9-7-17-20(13(9)14(11)22-15)12-5-3-2-4-10(12)16;1-7(22)19-15-20-11-4-8-6-18-21(13(8)14(11)23-15)12-5-9(16)2-3-10(12)17/h2-3,5-6H,4H2,1H3,(H,22,23,25);2-4,6H,5H2,1H3,(H,22,23,25);2-5,7H,6H2,1H3,(H,21,22,24);2-5,7H,6H2,1H3,(H,18,19,21);2-3,5-6H,4H2,1H3,(H,19,20,22). The first kappa shape index (κ1) is 83.6. The first-order valence-electron chi connectivity index (χ1n) is 35.8. The van der Waals surface area contributed by atoms with E-state index in [1.165, 1.54) is 116 Å². The number of rotatable bonds is 10. The van der Waals surface area contributed by atoms with Gasteiger partial charge in [-0.25, -0.2) is 57.1 Å². The molecule has 10 aromatic heterocycles. The molecule has 0 bridgehead atoms. The van der Waals surface area contributed by atoms with Crippen LogP contribution in [0.4, 0.5) is 74.0 Å². The summed E-state index contributed by atoms with van der Waals surface area (Å²) >= 11 is 22.4. The first-order valence-corrected chi connectivity index (χ1v) is 41.5. The minimum Gasteiger partial charge on any atom is -0.302 e. The number of fused-ring (bicyclic) bond motifs is 15. The van der Waals surface area contributed by atoms with Gasteiger partial charge in [-0.3, -0.25) is 24.0 Å². The van der Waals surface area contributed by atoms with Crippen LogP contribution in [0.1, 0.15) is 108 Å². The molecule has 0 atom stereocenters. The molecule has 0 unspecified atom stereocenters. The van der Waals surface area contributed by atoms with Crippen molar-refractivity contribution in [3.8, 4) is 81.3 Å². The van der Waals surface area contributed by atoms with Crippen molar-refractivity contribution in [2.45, 2.75) is 85.3 Å². The molecule has 0 fully saturated rings. The Morgan fingerprint density at radius 1 is 0.369 bits per heavy atom. The lowest BCUT2D eigenvalue weighted by Gasteiger charge is -2.15. The molecule has 0 spiro atoms. The highest BCUT2D eigenvalue weighted by Crippen LogP contribution is 2.51. The fraction of sp³-hybridized carbons (Fsp3) is 0.167. The van der Waals surface area contributed by atoms with Gasteiger partial charge in [0.1, 0.15) is 17.2 Å². The lowest BCUT2D eigenvalue weighted by molar-refractivity contribution is -0.140. The molecular formula is C78H52BrCl2F11N20O5S5. The Morgan fingerprint density at radius 3 is 1.05 bits per heavy atom. The van der Waals surface area contributed by atoms with Crippen LogP contribution in [0.2, 0.25) is 10.0 Å². The van der Waals surface area contributed by atoms with Gasteiger partial charge in [0.05, 0.1) is 157 Å². The summed E-state index contributed by atoms with van der Waals surface area (Å²) < 4.78 is 156. The Balaban J connectivity index is 0.000000113. The number of carbonyl (C=O) groups excluding carboxylic acids is 5. The van der Waals surface area contributed by atoms with Crippen molar-refractivity contribution in [3.05, 3.63) is 233 Å². The van der Waals surface area contributed by atoms with E-state index in [4.69, 9.17) is 23.2 Å². The van der Waals surface area contributed by atoms with E-state index < -0.39 is 46.9 Å². The van der Waals surface area contributed by atoms with Crippen LogP contribution in [-0.4, -0.2) is 103 Å². The Kier molecular flexibility index (Phi) is 22.4. The number of hydrogen-bond donors (Lipinski definition) is 5. The van der Waals surface area contributed by atoms with Gasteiger partial charge in [-0.05, 0) is 82.7 Å². The fourth-order valence-corrected chi connectivity index (χ4v) is 20.2. The van der Waals surface area contributed by atoms with Gasteiger partial charge in [-0.1, -0.05) is 110 Å². The second-order valence-corrected chi connectivity index (χ2v) is 34.0. The molecule has 5 amide bonds. The molecule has 0 saturated heterocycles. The summed E-state index contributed by atoms with van der Waals surface area (Å²) in [5.41, 5.74) is 9.74. The maximum absolute atomic E-state index is 13.9. The Labute approximate surface area is 718 Å². The number of alkyl halides is 9. The molecular weight excluding hydrogens is 1820 g/mol. The van der Waals surface area contributed by atoms with Crippen LogP contribution >= 0.6 is 95.8 Å². The third-order valence-electron chi connectivity index (χ3n) is 18.6. The van der Waals surface area contributed by atoms with Crippen molar-refractivity contribution in [1.82, 2.24) is 73.8 Å². The zero-order chi connectivity index (χ0) is 86.4. The van der Waals surface area contributed by atoms with Crippen molar-refractivity contribution in [2.75, 3.05) is 26.6 Å². The summed E-state index contributed by atoms with van der Waals surface area (Å²) in [6.07, 6.45) is -3.12. The van der Waals surface area contributed by atoms with Gasteiger partial charge in [0.2, 0.25) is 29.5 Å². The third-order valence-corrected chi connectivity index (χ3v) is 25.0. The SMILES string of the molecule is CC(=O)Nc1nc2c(s1)-c1c(cnn1-c1cc(Cl)ccc1Cl)C2.CC(=O)Nc1nc2c(s1)-c1c(cnn1-c1cc(F)ccc1C(F)(F)F)C2.CC(=O)Nc1nc2c(s1)-c1c(cnn1-c1cccc(F)c1C(F)(F)F)C2.CC(=O)Nc1nc2c(s1)-c1c(cnn1-c1ccccc1Br)C2.CC(=O)Nc1nc2c(s1)-c1c(cnn1-c1ccccc1C(F)(F)F)C2. The second-order valence-electron chi connectivity index (χ2n) is 27.3. The molecule has 5 N–H and O–H groups in total. The number of aromatic nitrogens is 15. The normalized spacial score (nSPS) is 12.5. The van der Waals surface area contributed by atoms with Gasteiger partial charge < -0.3 is 26.6 Å². The maximum Gasteiger partial charge on any atom is 0.421 e. The number of nitrogens with zero attached hydrogens (tertiary/aromatic N) is 15. The first-order chi connectivity index (χ1) is 58.0. The van der Waals surface area contributed by atoms with Crippen molar-refractivity contribution in [1.29, 1.82) is 0 Å². The highest BCUT2D eigenvalue weighted by molar-refractivity contribution is 9.10. The zero-order valence-corrected chi connectivity index (χ0v) is 70.0. The molecule has 5 aliphatic carbocycles. The zero-order valence-electron chi connectivity index (χ0n) is 62.8. The van der Waals surface area contributed by atoms with Gasteiger partial charge in [-0.2, -0.15) is 65.0 Å². The lowest BCUT2D eigenvalue weighted by Crippen LogP contribution is -2.14. The Bertz CT molecular complexity index is 6660. The number of nitrogens with one attached hydrogen (secondary N) is 5. The summed E-state index contributed by atoms with van der Waals surface area (Å²) in [6.45, 7) is 7.01. The highest BCUT2D eigenvalue weighted by Gasteiger charge is 2.42. The predicted octanol–water partition coefficient (Wildman–Crippen LogP) is 19.7. The highest BCUT2D eigenvalue weighted by atomic mass is 79.9. The molecule has 15 aromatic rings. The topological polar surface area (TPSA) is 299 Å². The summed E-state index contributed by atoms with van der Waals surface area (Å²) in [6, 6.07) is 24.0. The van der Waals surface area contributed by atoms with Gasteiger partial charge in [0.15, 0.2) is 25.7 Å². The molecule has 5 aliphatic rings. The summed E-state index contributed by atoms with van der Waals surface area (Å²) in [5.74, 6) is -3.23. The van der Waals surface area contributed by atoms with Crippen LogP contribution in [0.15, 0.2) is 139 Å². The van der Waals surface area contributed by atoms with Crippen LogP contribution < -0.4 is 26.6 Å². The number of halogens is 14. The van der Waals surface area contributed by atoms with Gasteiger partial charge >= 0.3 is 18.5 Å². The molecule has 20 rings (SSSR count). The van der Waals surface area contributed by atoms with Gasteiger partial charge in [-0.15, -0.1) is 0 Å². The second kappa shape index (κ2) is 32.7. The van der Waals surface area contributed by atoms with E-state index in [9.17, 15) is 72.3 Å². The molecule has 0 saturated carbocycles. The summed E-state index contributed by atoms with van der Waals surface area (Å²) in [7, 11) is 0. The van der Waals surface area contributed by atoms with Crippen LogP contribution in [0.5, 0.6) is 0 Å². The van der Waals surface area contributed by atoms with E-state index in [1.54, 1.807) is 35.1 Å². The van der Waals surface area contributed by atoms with E-state index in [2.05, 4.69) is 92.9 Å². The van der Waals surface area contributed by atoms with Crippen LogP contribution in [0, 0.1) is 11.6 Å². The third kappa shape index (κ3) is 16.6. The van der Waals surface area contributed by atoms with Gasteiger partial charge in [0.25, 0.3) is 0 Å². The van der Waals surface area contributed by atoms with E-state index in [0.717, 1.165) is 133 Å². The predicted molar refractivity (Wildman–Crippen MR) is 442 cm³/mol. The smallest absolute Gasteiger partial charge is 0.302 e. The van der Waals surface area contributed by atoms with E-state index in [0.29, 0.717) is 117 Å². The number of hydrogen-bond acceptors (Lipinski definition) is 20. The quantitative estimate of drug-likeness (QED) is 0.0795. The minimum absolute atomic E-state index is 0.0291. The van der Waals surface area contributed by atoms with Crippen molar-refractivity contribution >= 4 is 151 Å². The summed E-state index contributed by atoms with van der Waals surface area (Å²) in [4.78, 5) is 81.9. The molecule has 122 heavy (non-hydrogen) atoms. The monoisotopic (exact) mass is 1870 g/mol. The van der Waals surface area contributed by atoms with Gasteiger partial charge in [0, 0.05) is 110 Å². The number of amides is 5. The number of para-hydroxylation sites is 2. The molecule has 0 radical (unpaired) electrons. The fourth-order valence-electron chi connectivity index (χ4n) is 13.9. The number of thiazole rings is 5. The lowest BCUT2D eigenvalue weighted by atomic mass is 10.1. The average Bonchev–Trinajstić information content (AvgIpc) is 1.60. The number of anilines is 5. The minimum atomic E-state index is -4.87. The average molecular weight is 1870 g/mol. The van der Waals surface area contributed by atoms with E-state index in [-0.39, 0.29) is 46.6 Å².